The fourth-order valence-electron chi connectivity index (χ4n) is 3.17. The monoisotopic (exact) mass is 389 g/mol. The quantitative estimate of drug-likeness (QED) is 0.604. The fraction of sp³-hybridized carbons (Fsp3) is 0.316. The average molecular weight is 390 g/mol. The van der Waals surface area contributed by atoms with E-state index in [9.17, 15) is 20.0 Å². The van der Waals surface area contributed by atoms with Crippen molar-refractivity contribution in [1.29, 1.82) is 0 Å². The number of benzene rings is 2. The lowest BCUT2D eigenvalue weighted by Crippen LogP contribution is -2.44. The van der Waals surface area contributed by atoms with Crippen molar-refractivity contribution in [2.75, 3.05) is 13.1 Å². The van der Waals surface area contributed by atoms with Gasteiger partial charge in [-0.15, -0.1) is 0 Å². The molecule has 1 aliphatic rings. The van der Waals surface area contributed by atoms with Gasteiger partial charge in [-0.2, -0.15) is 0 Å². The molecule has 27 heavy (non-hydrogen) atoms. The molecule has 0 radical (unpaired) electrons. The molecule has 0 saturated carbocycles. The Kier molecular flexibility index (Phi) is 5.93. The number of amides is 1. The molecular weight excluding hydrogens is 370 g/mol. The number of hydrogen-bond acceptors (Lipinski definition) is 5. The number of nitrogens with zero attached hydrogens (tertiary/aromatic N) is 2. The van der Waals surface area contributed by atoms with E-state index in [2.05, 4.69) is 10.2 Å². The molecule has 1 amide bonds. The minimum Gasteiger partial charge on any atom is -0.502 e. The number of hydrogen-bond donors (Lipinski definition) is 2. The van der Waals surface area contributed by atoms with Crippen molar-refractivity contribution >= 4 is 23.2 Å². The summed E-state index contributed by atoms with van der Waals surface area (Å²) < 4.78 is 0. The molecule has 3 rings (SSSR count). The van der Waals surface area contributed by atoms with Gasteiger partial charge in [0.05, 0.1) is 4.92 Å². The fourth-order valence-corrected chi connectivity index (χ4v) is 3.30. The van der Waals surface area contributed by atoms with Crippen molar-refractivity contribution in [1.82, 2.24) is 10.2 Å². The van der Waals surface area contributed by atoms with Crippen LogP contribution in [0.5, 0.6) is 5.75 Å². The molecule has 1 aliphatic heterocycles. The number of likely N-dealkylation sites (tertiary alicyclic amines) is 1. The Morgan fingerprint density at radius 2 is 1.89 bits per heavy atom. The van der Waals surface area contributed by atoms with Crippen LogP contribution in [0, 0.1) is 10.1 Å². The van der Waals surface area contributed by atoms with Gasteiger partial charge in [0.15, 0.2) is 5.75 Å². The average Bonchev–Trinajstić information content (AvgIpc) is 2.64. The summed E-state index contributed by atoms with van der Waals surface area (Å²) in [6.45, 7) is 2.56. The number of piperidine rings is 1. The summed E-state index contributed by atoms with van der Waals surface area (Å²) in [4.78, 5) is 24.7. The highest BCUT2D eigenvalue weighted by Crippen LogP contribution is 2.26. The summed E-state index contributed by atoms with van der Waals surface area (Å²) in [5.41, 5.74) is 0.993. The van der Waals surface area contributed by atoms with E-state index in [1.807, 2.05) is 24.3 Å². The number of nitro groups is 1. The number of aromatic hydroxyl groups is 1. The summed E-state index contributed by atoms with van der Waals surface area (Å²) in [5, 5.41) is 24.1. The minimum atomic E-state index is -0.687. The first-order valence-electron chi connectivity index (χ1n) is 8.67. The van der Waals surface area contributed by atoms with E-state index in [1.54, 1.807) is 0 Å². The number of nitrogens with one attached hydrogen (secondary N) is 1. The molecule has 1 saturated heterocycles. The minimum absolute atomic E-state index is 0.0382. The van der Waals surface area contributed by atoms with Gasteiger partial charge in [-0.1, -0.05) is 23.7 Å². The van der Waals surface area contributed by atoms with E-state index in [0.29, 0.717) is 0 Å². The maximum Gasteiger partial charge on any atom is 0.310 e. The Balaban J connectivity index is 1.51. The number of halogens is 1. The van der Waals surface area contributed by atoms with Crippen LogP contribution in [0.1, 0.15) is 28.8 Å². The normalized spacial score (nSPS) is 15.4. The van der Waals surface area contributed by atoms with Crippen LogP contribution in [0.4, 0.5) is 5.69 Å². The summed E-state index contributed by atoms with van der Waals surface area (Å²) in [5.74, 6) is -0.846. The van der Waals surface area contributed by atoms with Gasteiger partial charge in [-0.25, -0.2) is 0 Å². The highest BCUT2D eigenvalue weighted by molar-refractivity contribution is 6.30. The molecule has 0 unspecified atom stereocenters. The number of phenols is 1. The van der Waals surface area contributed by atoms with Crippen molar-refractivity contribution in [2.45, 2.75) is 25.4 Å². The highest BCUT2D eigenvalue weighted by atomic mass is 35.5. The van der Waals surface area contributed by atoms with Gasteiger partial charge in [0.1, 0.15) is 0 Å². The number of nitro benzene ring substituents is 1. The zero-order chi connectivity index (χ0) is 19.4. The number of rotatable bonds is 5. The standard InChI is InChI=1S/C19H20ClN3O4/c20-15-4-1-13(2-5-15)12-22-9-7-16(8-10-22)21-19(25)14-3-6-17(23(26)27)18(24)11-14/h1-6,11,16,24H,7-10,12H2,(H,21,25). The molecule has 1 fully saturated rings. The third-order valence-electron chi connectivity index (χ3n) is 4.68. The summed E-state index contributed by atoms with van der Waals surface area (Å²) in [7, 11) is 0. The van der Waals surface area contributed by atoms with Gasteiger partial charge in [0, 0.05) is 42.3 Å². The predicted molar refractivity (Wildman–Crippen MR) is 102 cm³/mol. The lowest BCUT2D eigenvalue weighted by atomic mass is 10.0. The topological polar surface area (TPSA) is 95.7 Å². The Labute approximate surface area is 161 Å². The van der Waals surface area contributed by atoms with Crippen LogP contribution >= 0.6 is 11.6 Å². The molecule has 0 atom stereocenters. The summed E-state index contributed by atoms with van der Waals surface area (Å²) in [6, 6.07) is 11.4. The molecule has 2 aromatic carbocycles. The van der Waals surface area contributed by atoms with Crippen LogP contribution in [0.3, 0.4) is 0 Å². The van der Waals surface area contributed by atoms with Crippen LogP contribution in [-0.2, 0) is 6.54 Å². The van der Waals surface area contributed by atoms with E-state index in [-0.39, 0.29) is 17.5 Å². The molecule has 7 nitrogen and oxygen atoms in total. The van der Waals surface area contributed by atoms with Crippen LogP contribution in [-0.4, -0.2) is 40.0 Å². The van der Waals surface area contributed by atoms with Crippen LogP contribution in [0.25, 0.3) is 0 Å². The third kappa shape index (κ3) is 4.96. The van der Waals surface area contributed by atoms with Gasteiger partial charge >= 0.3 is 5.69 Å². The number of carbonyl (C=O) groups excluding carboxylic acids is 1. The first-order chi connectivity index (χ1) is 12.9. The SMILES string of the molecule is O=C(NC1CCN(Cc2ccc(Cl)cc2)CC1)c1ccc([N+](=O)[O-])c(O)c1. The van der Waals surface area contributed by atoms with Crippen molar-refractivity contribution in [3.05, 3.63) is 68.7 Å². The smallest absolute Gasteiger partial charge is 0.310 e. The van der Waals surface area contributed by atoms with Crippen LogP contribution < -0.4 is 5.32 Å². The molecule has 0 spiro atoms. The van der Waals surface area contributed by atoms with Crippen LogP contribution in [0.15, 0.2) is 42.5 Å². The van der Waals surface area contributed by atoms with E-state index in [0.717, 1.165) is 49.6 Å². The van der Waals surface area contributed by atoms with Crippen molar-refractivity contribution < 1.29 is 14.8 Å². The van der Waals surface area contributed by atoms with E-state index < -0.39 is 16.4 Å². The third-order valence-corrected chi connectivity index (χ3v) is 4.93. The summed E-state index contributed by atoms with van der Waals surface area (Å²) in [6.07, 6.45) is 1.64. The Morgan fingerprint density at radius 1 is 1.22 bits per heavy atom. The largest absolute Gasteiger partial charge is 0.502 e. The zero-order valence-corrected chi connectivity index (χ0v) is 15.4. The van der Waals surface area contributed by atoms with E-state index in [4.69, 9.17) is 11.6 Å². The van der Waals surface area contributed by atoms with Crippen molar-refractivity contribution in [3.63, 3.8) is 0 Å². The molecule has 2 aromatic rings. The van der Waals surface area contributed by atoms with Gasteiger partial charge in [0.2, 0.25) is 0 Å². The van der Waals surface area contributed by atoms with E-state index >= 15 is 0 Å². The number of carbonyl (C=O) groups is 1. The number of phenolic OH excluding ortho intramolecular Hbond substituents is 1. The Morgan fingerprint density at radius 3 is 2.48 bits per heavy atom. The second-order valence-electron chi connectivity index (χ2n) is 6.61. The molecule has 2 N–H and O–H groups in total. The second kappa shape index (κ2) is 8.37. The molecule has 0 bridgehead atoms. The molecule has 142 valence electrons. The first kappa shape index (κ1) is 19.1. The lowest BCUT2D eigenvalue weighted by Gasteiger charge is -2.32. The maximum absolute atomic E-state index is 12.3. The van der Waals surface area contributed by atoms with Gasteiger partial charge in [-0.3, -0.25) is 19.8 Å². The van der Waals surface area contributed by atoms with Gasteiger partial charge in [-0.05, 0) is 42.7 Å². The Hall–Kier alpha value is -2.64. The summed E-state index contributed by atoms with van der Waals surface area (Å²) >= 11 is 5.90. The molecule has 0 aliphatic carbocycles. The van der Waals surface area contributed by atoms with Gasteiger partial charge in [0.25, 0.3) is 5.91 Å². The molecule has 0 aromatic heterocycles. The van der Waals surface area contributed by atoms with Gasteiger partial charge < -0.3 is 10.4 Å². The lowest BCUT2D eigenvalue weighted by molar-refractivity contribution is -0.385. The molecular formula is C19H20ClN3O4. The van der Waals surface area contributed by atoms with Crippen LogP contribution in [0.2, 0.25) is 5.02 Å². The molecule has 8 heteroatoms. The Bertz CT molecular complexity index is 833. The zero-order valence-electron chi connectivity index (χ0n) is 14.6. The first-order valence-corrected chi connectivity index (χ1v) is 9.05. The highest BCUT2D eigenvalue weighted by Gasteiger charge is 2.22. The van der Waals surface area contributed by atoms with Crippen molar-refractivity contribution in [3.8, 4) is 5.75 Å². The second-order valence-corrected chi connectivity index (χ2v) is 7.05. The maximum atomic E-state index is 12.3. The van der Waals surface area contributed by atoms with E-state index in [1.165, 1.54) is 11.6 Å². The predicted octanol–water partition coefficient (Wildman–Crippen LogP) is 3.35. The van der Waals surface area contributed by atoms with Crippen molar-refractivity contribution in [2.24, 2.45) is 0 Å². The molecule has 1 heterocycles.